The largest absolute Gasteiger partial charge is 0.388 e. The average molecular weight is 312 g/mol. The monoisotopic (exact) mass is 312 g/mol. The highest BCUT2D eigenvalue weighted by Crippen LogP contribution is 2.23. The van der Waals surface area contributed by atoms with Crippen molar-refractivity contribution in [1.82, 2.24) is 15.5 Å². The van der Waals surface area contributed by atoms with Gasteiger partial charge in [-0.05, 0) is 19.3 Å². The fraction of sp³-hybridized carbons (Fsp3) is 0.714. The van der Waals surface area contributed by atoms with Crippen molar-refractivity contribution in [2.24, 2.45) is 5.92 Å². The van der Waals surface area contributed by atoms with E-state index in [1.165, 1.54) is 0 Å². The molecule has 0 aromatic carbocycles. The summed E-state index contributed by atoms with van der Waals surface area (Å²) < 4.78 is 0. The normalized spacial score (nSPS) is 15.1. The number of hydrogen-bond acceptors (Lipinski definition) is 5. The fourth-order valence-corrected chi connectivity index (χ4v) is 2.11. The van der Waals surface area contributed by atoms with Gasteiger partial charge in [0, 0.05) is 6.54 Å². The summed E-state index contributed by atoms with van der Waals surface area (Å²) >= 11 is 0. The summed E-state index contributed by atoms with van der Waals surface area (Å²) in [5, 5.41) is 30.3. The number of aromatic nitrogens is 2. The summed E-state index contributed by atoms with van der Waals surface area (Å²) in [6.45, 7) is 7.34. The van der Waals surface area contributed by atoms with Crippen molar-refractivity contribution in [2.75, 3.05) is 6.54 Å². The van der Waals surface area contributed by atoms with Gasteiger partial charge in [0.25, 0.3) is 5.91 Å². The number of rotatable bonds is 8. The molecule has 0 bridgehead atoms. The lowest BCUT2D eigenvalue weighted by molar-refractivity contribution is -0.385. The molecule has 124 valence electrons. The quantitative estimate of drug-likeness (QED) is 0.499. The second-order valence-corrected chi connectivity index (χ2v) is 5.76. The van der Waals surface area contributed by atoms with Crippen LogP contribution in [0.2, 0.25) is 0 Å². The fourth-order valence-electron chi connectivity index (χ4n) is 2.11. The van der Waals surface area contributed by atoms with Gasteiger partial charge >= 0.3 is 5.69 Å². The molecule has 22 heavy (non-hydrogen) atoms. The SMILES string of the molecule is CCCc1[nH]nc(C(=O)NCC(C)(O)C(C)CC)c1[N+](=O)[O-]. The van der Waals surface area contributed by atoms with Crippen molar-refractivity contribution in [3.05, 3.63) is 21.5 Å². The van der Waals surface area contributed by atoms with Crippen LogP contribution in [0.25, 0.3) is 0 Å². The Morgan fingerprint density at radius 1 is 1.55 bits per heavy atom. The maximum Gasteiger partial charge on any atom is 0.322 e. The number of H-pyrrole nitrogens is 1. The maximum atomic E-state index is 12.1. The summed E-state index contributed by atoms with van der Waals surface area (Å²) in [5.74, 6) is -0.675. The summed E-state index contributed by atoms with van der Waals surface area (Å²) in [6, 6.07) is 0. The van der Waals surface area contributed by atoms with Gasteiger partial charge < -0.3 is 10.4 Å². The Morgan fingerprint density at radius 2 is 2.18 bits per heavy atom. The van der Waals surface area contributed by atoms with Gasteiger partial charge in [-0.1, -0.05) is 33.6 Å². The van der Waals surface area contributed by atoms with E-state index in [4.69, 9.17) is 0 Å². The van der Waals surface area contributed by atoms with E-state index in [0.29, 0.717) is 18.5 Å². The first kappa shape index (κ1) is 18.1. The first-order valence-corrected chi connectivity index (χ1v) is 7.46. The van der Waals surface area contributed by atoms with Gasteiger partial charge in [-0.2, -0.15) is 5.10 Å². The van der Waals surface area contributed by atoms with Gasteiger partial charge in [-0.3, -0.25) is 20.0 Å². The summed E-state index contributed by atoms with van der Waals surface area (Å²) in [6.07, 6.45) is 1.90. The van der Waals surface area contributed by atoms with Crippen molar-refractivity contribution in [2.45, 2.75) is 52.6 Å². The van der Waals surface area contributed by atoms with Crippen molar-refractivity contribution < 1.29 is 14.8 Å². The molecule has 2 unspecified atom stereocenters. The highest BCUT2D eigenvalue weighted by Gasteiger charge is 2.32. The van der Waals surface area contributed by atoms with E-state index >= 15 is 0 Å². The molecule has 0 aliphatic heterocycles. The molecule has 0 aliphatic rings. The molecule has 1 heterocycles. The molecule has 1 aromatic heterocycles. The predicted octanol–water partition coefficient (Wildman–Crippen LogP) is 1.80. The number of amides is 1. The highest BCUT2D eigenvalue weighted by atomic mass is 16.6. The predicted molar refractivity (Wildman–Crippen MR) is 81.6 cm³/mol. The Kier molecular flexibility index (Phi) is 6.04. The first-order chi connectivity index (χ1) is 10.2. The van der Waals surface area contributed by atoms with Crippen LogP contribution in [0.4, 0.5) is 5.69 Å². The molecule has 1 rings (SSSR count). The van der Waals surface area contributed by atoms with Crippen LogP contribution in [0, 0.1) is 16.0 Å². The Hall–Kier alpha value is -1.96. The van der Waals surface area contributed by atoms with Gasteiger partial charge in [0.05, 0.1) is 10.5 Å². The second kappa shape index (κ2) is 7.35. The van der Waals surface area contributed by atoms with Gasteiger partial charge in [-0.25, -0.2) is 0 Å². The Bertz CT molecular complexity index is 539. The second-order valence-electron chi connectivity index (χ2n) is 5.76. The van der Waals surface area contributed by atoms with E-state index < -0.39 is 16.4 Å². The van der Waals surface area contributed by atoms with E-state index in [2.05, 4.69) is 15.5 Å². The van der Waals surface area contributed by atoms with Crippen LogP contribution >= 0.6 is 0 Å². The minimum Gasteiger partial charge on any atom is -0.388 e. The minimum absolute atomic E-state index is 0.00790. The molecule has 8 heteroatoms. The van der Waals surface area contributed by atoms with Crippen LogP contribution in [-0.2, 0) is 6.42 Å². The lowest BCUT2D eigenvalue weighted by Crippen LogP contribution is -2.45. The van der Waals surface area contributed by atoms with Crippen LogP contribution in [0.15, 0.2) is 0 Å². The molecule has 0 fully saturated rings. The van der Waals surface area contributed by atoms with E-state index in [-0.39, 0.29) is 23.8 Å². The number of carbonyl (C=O) groups excluding carboxylic acids is 1. The van der Waals surface area contributed by atoms with Crippen molar-refractivity contribution in [3.8, 4) is 0 Å². The Labute approximate surface area is 129 Å². The van der Waals surface area contributed by atoms with Crippen molar-refractivity contribution >= 4 is 11.6 Å². The molecule has 0 aliphatic carbocycles. The van der Waals surface area contributed by atoms with E-state index in [1.807, 2.05) is 20.8 Å². The molecule has 2 atom stereocenters. The molecular weight excluding hydrogens is 288 g/mol. The third kappa shape index (κ3) is 4.03. The number of aromatic amines is 1. The first-order valence-electron chi connectivity index (χ1n) is 7.46. The molecule has 3 N–H and O–H groups in total. The standard InChI is InChI=1S/C14H24N4O4/c1-5-7-10-12(18(21)22)11(17-16-10)13(19)15-8-14(4,20)9(3)6-2/h9,20H,5-8H2,1-4H3,(H,15,19)(H,16,17). The van der Waals surface area contributed by atoms with Crippen LogP contribution < -0.4 is 5.32 Å². The molecule has 0 saturated carbocycles. The zero-order valence-electron chi connectivity index (χ0n) is 13.5. The van der Waals surface area contributed by atoms with E-state index in [1.54, 1.807) is 6.92 Å². The van der Waals surface area contributed by atoms with Gasteiger partial charge in [0.1, 0.15) is 5.69 Å². The zero-order chi connectivity index (χ0) is 16.9. The maximum absolute atomic E-state index is 12.1. The summed E-state index contributed by atoms with van der Waals surface area (Å²) in [4.78, 5) is 22.7. The van der Waals surface area contributed by atoms with Crippen LogP contribution in [0.5, 0.6) is 0 Å². The molecule has 0 spiro atoms. The summed E-state index contributed by atoms with van der Waals surface area (Å²) in [7, 11) is 0. The van der Waals surface area contributed by atoms with Crippen molar-refractivity contribution in [3.63, 3.8) is 0 Å². The number of aliphatic hydroxyl groups is 1. The number of nitro groups is 1. The molecule has 1 aromatic rings. The topological polar surface area (TPSA) is 121 Å². The molecule has 0 saturated heterocycles. The lowest BCUT2D eigenvalue weighted by Gasteiger charge is -2.29. The third-order valence-electron chi connectivity index (χ3n) is 3.99. The van der Waals surface area contributed by atoms with Gasteiger partial charge in [0.2, 0.25) is 5.69 Å². The number of hydrogen-bond donors (Lipinski definition) is 3. The number of nitrogens with one attached hydrogen (secondary N) is 2. The van der Waals surface area contributed by atoms with Gasteiger partial charge in [0.15, 0.2) is 0 Å². The average Bonchev–Trinajstić information content (AvgIpc) is 2.88. The Morgan fingerprint density at radius 3 is 2.68 bits per heavy atom. The summed E-state index contributed by atoms with van der Waals surface area (Å²) in [5.41, 5.74) is -1.27. The van der Waals surface area contributed by atoms with Crippen LogP contribution in [-0.4, -0.2) is 38.3 Å². The van der Waals surface area contributed by atoms with E-state index in [9.17, 15) is 20.0 Å². The molecule has 8 nitrogen and oxygen atoms in total. The number of nitrogens with zero attached hydrogens (tertiary/aromatic N) is 2. The molecule has 1 amide bonds. The smallest absolute Gasteiger partial charge is 0.322 e. The number of aryl methyl sites for hydroxylation is 1. The lowest BCUT2D eigenvalue weighted by atomic mass is 9.88. The number of carbonyl (C=O) groups is 1. The van der Waals surface area contributed by atoms with E-state index in [0.717, 1.165) is 6.42 Å². The Balaban J connectivity index is 2.88. The molecular formula is C14H24N4O4. The molecule has 0 radical (unpaired) electrons. The zero-order valence-corrected chi connectivity index (χ0v) is 13.5. The van der Waals surface area contributed by atoms with Crippen LogP contribution in [0.1, 0.15) is 56.7 Å². The van der Waals surface area contributed by atoms with Crippen molar-refractivity contribution in [1.29, 1.82) is 0 Å². The minimum atomic E-state index is -1.08. The van der Waals surface area contributed by atoms with Gasteiger partial charge in [-0.15, -0.1) is 0 Å². The van der Waals surface area contributed by atoms with Crippen LogP contribution in [0.3, 0.4) is 0 Å². The third-order valence-corrected chi connectivity index (χ3v) is 3.99. The highest BCUT2D eigenvalue weighted by molar-refractivity contribution is 5.96.